The molecule has 39 heavy (non-hydrogen) atoms. The summed E-state index contributed by atoms with van der Waals surface area (Å²) in [7, 11) is 0. The lowest BCUT2D eigenvalue weighted by Crippen LogP contribution is -2.28. The SMILES string of the molecule is CC#C[C@@H](CC(=O)O)c1ccc(OCc2ccc3scc(-c4ccc(CC5CCNCC5)cc4C)c3c2)cc1. The van der Waals surface area contributed by atoms with Gasteiger partial charge in [0.2, 0.25) is 0 Å². The van der Waals surface area contributed by atoms with E-state index in [1.54, 1.807) is 18.3 Å². The number of fused-ring (bicyclic) bond motifs is 1. The number of aliphatic carboxylic acids is 1. The average molecular weight is 538 g/mol. The quantitative estimate of drug-likeness (QED) is 0.216. The Hall–Kier alpha value is -3.59. The summed E-state index contributed by atoms with van der Waals surface area (Å²) >= 11 is 1.79. The van der Waals surface area contributed by atoms with Crippen molar-refractivity contribution in [2.75, 3.05) is 13.1 Å². The van der Waals surface area contributed by atoms with E-state index in [4.69, 9.17) is 4.74 Å². The van der Waals surface area contributed by atoms with E-state index in [1.165, 1.54) is 51.6 Å². The van der Waals surface area contributed by atoms with Crippen molar-refractivity contribution >= 4 is 27.4 Å². The molecule has 0 bridgehead atoms. The van der Waals surface area contributed by atoms with Crippen molar-refractivity contribution in [3.05, 3.63) is 88.3 Å². The Morgan fingerprint density at radius 1 is 1.05 bits per heavy atom. The zero-order valence-corrected chi connectivity index (χ0v) is 23.4. The molecule has 0 amide bonds. The molecule has 1 fully saturated rings. The predicted molar refractivity (Wildman–Crippen MR) is 161 cm³/mol. The van der Waals surface area contributed by atoms with Gasteiger partial charge in [-0.15, -0.1) is 17.3 Å². The van der Waals surface area contributed by atoms with Crippen LogP contribution in [0.5, 0.6) is 5.75 Å². The minimum atomic E-state index is -0.852. The van der Waals surface area contributed by atoms with Gasteiger partial charge in [0, 0.05) is 15.6 Å². The van der Waals surface area contributed by atoms with E-state index in [1.807, 2.05) is 24.3 Å². The smallest absolute Gasteiger partial charge is 0.304 e. The maximum Gasteiger partial charge on any atom is 0.304 e. The van der Waals surface area contributed by atoms with Crippen LogP contribution in [0.15, 0.2) is 66.0 Å². The lowest BCUT2D eigenvalue weighted by molar-refractivity contribution is -0.137. The molecule has 3 aromatic carbocycles. The Kier molecular flexibility index (Phi) is 8.66. The van der Waals surface area contributed by atoms with Gasteiger partial charge in [-0.2, -0.15) is 0 Å². The van der Waals surface area contributed by atoms with Gasteiger partial charge in [0.05, 0.1) is 12.3 Å². The molecular weight excluding hydrogens is 502 g/mol. The van der Waals surface area contributed by atoms with Crippen LogP contribution in [0.1, 0.15) is 54.4 Å². The number of hydrogen-bond acceptors (Lipinski definition) is 4. The van der Waals surface area contributed by atoms with Gasteiger partial charge in [0.25, 0.3) is 0 Å². The van der Waals surface area contributed by atoms with Crippen molar-refractivity contribution in [2.45, 2.75) is 52.1 Å². The fourth-order valence-corrected chi connectivity index (χ4v) is 6.45. The Bertz CT molecular complexity index is 1500. The first-order valence-electron chi connectivity index (χ1n) is 13.7. The molecule has 1 saturated heterocycles. The number of carbonyl (C=O) groups is 1. The van der Waals surface area contributed by atoms with Gasteiger partial charge in [-0.1, -0.05) is 42.3 Å². The Morgan fingerprint density at radius 2 is 1.82 bits per heavy atom. The van der Waals surface area contributed by atoms with Crippen molar-refractivity contribution in [1.29, 1.82) is 0 Å². The summed E-state index contributed by atoms with van der Waals surface area (Å²) in [6.07, 6.45) is 3.69. The molecule has 4 nitrogen and oxygen atoms in total. The summed E-state index contributed by atoms with van der Waals surface area (Å²) in [6.45, 7) is 6.71. The van der Waals surface area contributed by atoms with Crippen LogP contribution >= 0.6 is 11.3 Å². The zero-order valence-electron chi connectivity index (χ0n) is 22.6. The Balaban J connectivity index is 1.29. The van der Waals surface area contributed by atoms with Crippen molar-refractivity contribution in [2.24, 2.45) is 5.92 Å². The van der Waals surface area contributed by atoms with Crippen molar-refractivity contribution in [3.8, 4) is 28.7 Å². The molecule has 2 heterocycles. The molecule has 1 aromatic heterocycles. The molecular formula is C34H35NO3S. The number of rotatable bonds is 9. The van der Waals surface area contributed by atoms with Crippen LogP contribution < -0.4 is 10.1 Å². The van der Waals surface area contributed by atoms with E-state index in [0.717, 1.165) is 35.9 Å². The van der Waals surface area contributed by atoms with Crippen LogP contribution in [0.2, 0.25) is 0 Å². The van der Waals surface area contributed by atoms with E-state index in [-0.39, 0.29) is 12.3 Å². The fraction of sp³-hybridized carbons (Fsp3) is 0.324. The summed E-state index contributed by atoms with van der Waals surface area (Å²) < 4.78 is 7.37. The van der Waals surface area contributed by atoms with Gasteiger partial charge in [-0.25, -0.2) is 0 Å². The molecule has 5 heteroatoms. The molecule has 1 aliphatic rings. The monoisotopic (exact) mass is 537 g/mol. The number of carboxylic acids is 1. The lowest BCUT2D eigenvalue weighted by Gasteiger charge is -2.23. The molecule has 1 atom stereocenters. The van der Waals surface area contributed by atoms with E-state index < -0.39 is 5.97 Å². The summed E-state index contributed by atoms with van der Waals surface area (Å²) in [5.74, 6) is 6.20. The van der Waals surface area contributed by atoms with Gasteiger partial charge in [-0.05, 0) is 110 Å². The topological polar surface area (TPSA) is 58.6 Å². The van der Waals surface area contributed by atoms with E-state index >= 15 is 0 Å². The first-order valence-corrected chi connectivity index (χ1v) is 14.6. The van der Waals surface area contributed by atoms with Crippen LogP contribution in [0.4, 0.5) is 0 Å². The highest BCUT2D eigenvalue weighted by molar-refractivity contribution is 7.17. The van der Waals surface area contributed by atoms with Gasteiger partial charge >= 0.3 is 5.97 Å². The number of piperidine rings is 1. The molecule has 0 unspecified atom stereocenters. The highest BCUT2D eigenvalue weighted by Gasteiger charge is 2.16. The van der Waals surface area contributed by atoms with Crippen LogP contribution in [-0.4, -0.2) is 24.2 Å². The standard InChI is InChI=1S/C34H35NO3S/c1-3-4-28(20-34(36)37)27-7-9-29(10-8-27)38-21-26-6-12-33-31(19-26)32(22-39-33)30-11-5-25(17-23(30)2)18-24-13-15-35-16-14-24/h5-12,17,19,22,24,28,35H,13-16,18,20-21H2,1-2H3,(H,36,37)/t28-/m0/s1. The number of nitrogens with one attached hydrogen (secondary N) is 1. The summed E-state index contributed by atoms with van der Waals surface area (Å²) in [6, 6.07) is 21.2. The molecule has 0 radical (unpaired) electrons. The first-order chi connectivity index (χ1) is 19.0. The van der Waals surface area contributed by atoms with E-state index in [9.17, 15) is 9.90 Å². The number of hydrogen-bond donors (Lipinski definition) is 2. The van der Waals surface area contributed by atoms with Gasteiger partial charge in [0.15, 0.2) is 0 Å². The number of thiophene rings is 1. The third kappa shape index (κ3) is 6.71. The average Bonchev–Trinajstić information content (AvgIpc) is 3.35. The number of aryl methyl sites for hydroxylation is 1. The van der Waals surface area contributed by atoms with E-state index in [2.05, 4.69) is 65.9 Å². The molecule has 1 aliphatic heterocycles. The number of ether oxygens (including phenoxy) is 1. The molecule has 2 N–H and O–H groups in total. The maximum absolute atomic E-state index is 11.2. The Labute approximate surface area is 235 Å². The molecule has 200 valence electrons. The van der Waals surface area contributed by atoms with Crippen LogP contribution in [0, 0.1) is 24.7 Å². The third-order valence-corrected chi connectivity index (χ3v) is 8.55. The van der Waals surface area contributed by atoms with Crippen molar-refractivity contribution in [1.82, 2.24) is 5.32 Å². The van der Waals surface area contributed by atoms with Crippen molar-refractivity contribution in [3.63, 3.8) is 0 Å². The summed E-state index contributed by atoms with van der Waals surface area (Å²) in [5, 5.41) is 16.2. The molecule has 0 spiro atoms. The highest BCUT2D eigenvalue weighted by atomic mass is 32.1. The summed E-state index contributed by atoms with van der Waals surface area (Å²) in [5.41, 5.74) is 7.37. The zero-order chi connectivity index (χ0) is 27.2. The van der Waals surface area contributed by atoms with Crippen LogP contribution in [0.25, 0.3) is 21.2 Å². The van der Waals surface area contributed by atoms with Crippen LogP contribution in [0.3, 0.4) is 0 Å². The fourth-order valence-electron chi connectivity index (χ4n) is 5.51. The maximum atomic E-state index is 11.2. The molecule has 5 rings (SSSR count). The Morgan fingerprint density at radius 3 is 2.54 bits per heavy atom. The minimum absolute atomic E-state index is 0.00946. The largest absolute Gasteiger partial charge is 0.489 e. The highest BCUT2D eigenvalue weighted by Crippen LogP contribution is 2.37. The second-order valence-corrected chi connectivity index (χ2v) is 11.3. The third-order valence-electron chi connectivity index (χ3n) is 7.59. The first kappa shape index (κ1) is 27.0. The summed E-state index contributed by atoms with van der Waals surface area (Å²) in [4.78, 5) is 11.2. The minimum Gasteiger partial charge on any atom is -0.489 e. The van der Waals surface area contributed by atoms with Gasteiger partial charge in [0.1, 0.15) is 12.4 Å². The normalized spacial score (nSPS) is 14.5. The molecule has 0 saturated carbocycles. The lowest BCUT2D eigenvalue weighted by atomic mass is 9.89. The molecule has 0 aliphatic carbocycles. The van der Waals surface area contributed by atoms with Gasteiger partial charge in [-0.3, -0.25) is 4.79 Å². The molecule has 4 aromatic rings. The van der Waals surface area contributed by atoms with Gasteiger partial charge < -0.3 is 15.2 Å². The van der Waals surface area contributed by atoms with Crippen LogP contribution in [-0.2, 0) is 17.8 Å². The second kappa shape index (κ2) is 12.5. The second-order valence-electron chi connectivity index (χ2n) is 10.4. The van der Waals surface area contributed by atoms with Crippen molar-refractivity contribution < 1.29 is 14.6 Å². The number of carboxylic acid groups (broad SMARTS) is 1. The predicted octanol–water partition coefficient (Wildman–Crippen LogP) is 7.58. The number of benzene rings is 3. The van der Waals surface area contributed by atoms with E-state index in [0.29, 0.717) is 6.61 Å².